The molecule has 0 aliphatic rings. The van der Waals surface area contributed by atoms with Gasteiger partial charge in [0.05, 0.1) is 5.52 Å². The molecule has 1 N–H and O–H groups in total. The Labute approximate surface area is 187 Å². The van der Waals surface area contributed by atoms with Gasteiger partial charge < -0.3 is 9.40 Å². The molecule has 33 heavy (non-hydrogen) atoms. The van der Waals surface area contributed by atoms with Crippen LogP contribution in [0.5, 0.6) is 0 Å². The van der Waals surface area contributed by atoms with E-state index >= 15 is 0 Å². The molecule has 7 heteroatoms. The van der Waals surface area contributed by atoms with Crippen molar-refractivity contribution in [2.75, 3.05) is 0 Å². The van der Waals surface area contributed by atoms with Crippen molar-refractivity contribution in [3.63, 3.8) is 0 Å². The number of H-pyrrole nitrogens is 1. The monoisotopic (exact) mass is 431 g/mol. The van der Waals surface area contributed by atoms with Gasteiger partial charge in [0.1, 0.15) is 17.1 Å². The first-order valence-electron chi connectivity index (χ1n) is 10.4. The SMILES string of the molecule is Cc1ccc(-c2nc3[nH]cc(-c4cccnc4)c(=O)c3nc2-c2ccc3ncccc3c2)o1. The van der Waals surface area contributed by atoms with Crippen molar-refractivity contribution < 1.29 is 4.42 Å². The summed E-state index contributed by atoms with van der Waals surface area (Å²) < 4.78 is 5.88. The molecule has 0 aliphatic carbocycles. The molecule has 0 spiro atoms. The number of nitrogens with one attached hydrogen (secondary N) is 1. The number of hydrogen-bond donors (Lipinski definition) is 1. The standard InChI is InChI=1S/C26H17N5O2/c1-15-6-9-21(33-15)23-22(17-7-8-20-16(12-17)4-3-11-28-20)30-24-25(32)19(14-29-26(24)31-23)18-5-2-10-27-13-18/h2-14H,1H3,(H,29,31,32). The molecule has 0 fully saturated rings. The summed E-state index contributed by atoms with van der Waals surface area (Å²) >= 11 is 0. The third kappa shape index (κ3) is 3.27. The van der Waals surface area contributed by atoms with Crippen LogP contribution < -0.4 is 5.43 Å². The molecule has 1 aromatic carbocycles. The molecule has 0 saturated carbocycles. The molecule has 6 aromatic rings. The zero-order chi connectivity index (χ0) is 22.4. The highest BCUT2D eigenvalue weighted by Gasteiger charge is 2.19. The first-order chi connectivity index (χ1) is 16.2. The molecular formula is C26H17N5O2. The van der Waals surface area contributed by atoms with Gasteiger partial charge in [0, 0.05) is 46.9 Å². The largest absolute Gasteiger partial charge is 0.460 e. The minimum atomic E-state index is -0.213. The third-order valence-electron chi connectivity index (χ3n) is 5.53. The quantitative estimate of drug-likeness (QED) is 0.415. The summed E-state index contributed by atoms with van der Waals surface area (Å²) in [6, 6.07) is 17.1. The number of aromatic amines is 1. The second-order valence-corrected chi connectivity index (χ2v) is 7.71. The molecule has 158 valence electrons. The fraction of sp³-hybridized carbons (Fsp3) is 0.0385. The number of fused-ring (bicyclic) bond motifs is 2. The van der Waals surface area contributed by atoms with Crippen molar-refractivity contribution >= 4 is 22.1 Å². The van der Waals surface area contributed by atoms with E-state index in [0.29, 0.717) is 33.9 Å². The number of nitrogens with zero attached hydrogens (tertiary/aromatic N) is 4. The van der Waals surface area contributed by atoms with Crippen molar-refractivity contribution in [1.29, 1.82) is 0 Å². The predicted octanol–water partition coefficient (Wildman–Crippen LogP) is 5.16. The molecule has 0 atom stereocenters. The van der Waals surface area contributed by atoms with E-state index in [0.717, 1.165) is 22.2 Å². The molecule has 6 rings (SSSR count). The van der Waals surface area contributed by atoms with Gasteiger partial charge in [-0.1, -0.05) is 18.2 Å². The molecule has 5 heterocycles. The fourth-order valence-corrected chi connectivity index (χ4v) is 3.92. The Balaban J connectivity index is 1.65. The summed E-state index contributed by atoms with van der Waals surface area (Å²) in [7, 11) is 0. The van der Waals surface area contributed by atoms with Crippen molar-refractivity contribution in [2.45, 2.75) is 6.92 Å². The van der Waals surface area contributed by atoms with Crippen molar-refractivity contribution in [2.24, 2.45) is 0 Å². The van der Waals surface area contributed by atoms with Crippen molar-refractivity contribution in [3.8, 4) is 33.8 Å². The first-order valence-corrected chi connectivity index (χ1v) is 10.4. The zero-order valence-electron chi connectivity index (χ0n) is 17.6. The summed E-state index contributed by atoms with van der Waals surface area (Å²) in [5.74, 6) is 1.35. The van der Waals surface area contributed by atoms with Crippen LogP contribution >= 0.6 is 0 Å². The number of aromatic nitrogens is 5. The maximum Gasteiger partial charge on any atom is 0.217 e. The predicted molar refractivity (Wildman–Crippen MR) is 127 cm³/mol. The minimum absolute atomic E-state index is 0.213. The number of hydrogen-bond acceptors (Lipinski definition) is 6. The topological polar surface area (TPSA) is 97.6 Å². The van der Waals surface area contributed by atoms with Crippen LogP contribution in [-0.4, -0.2) is 24.9 Å². The average Bonchev–Trinajstić information content (AvgIpc) is 3.30. The van der Waals surface area contributed by atoms with Crippen LogP contribution in [0, 0.1) is 6.92 Å². The second-order valence-electron chi connectivity index (χ2n) is 7.71. The number of rotatable bonds is 3. The van der Waals surface area contributed by atoms with Gasteiger partial charge in [-0.05, 0) is 43.3 Å². The number of pyridine rings is 3. The summed E-state index contributed by atoms with van der Waals surface area (Å²) in [4.78, 5) is 34.6. The van der Waals surface area contributed by atoms with Gasteiger partial charge in [-0.15, -0.1) is 0 Å². The smallest absolute Gasteiger partial charge is 0.217 e. The lowest BCUT2D eigenvalue weighted by Gasteiger charge is -2.10. The van der Waals surface area contributed by atoms with E-state index in [-0.39, 0.29) is 10.9 Å². The van der Waals surface area contributed by atoms with E-state index in [2.05, 4.69) is 15.0 Å². The van der Waals surface area contributed by atoms with Crippen LogP contribution in [-0.2, 0) is 0 Å². The first kappa shape index (κ1) is 19.1. The average molecular weight is 431 g/mol. The van der Waals surface area contributed by atoms with E-state index in [9.17, 15) is 4.79 Å². The van der Waals surface area contributed by atoms with Gasteiger partial charge in [0.25, 0.3) is 0 Å². The second kappa shape index (κ2) is 7.49. The fourth-order valence-electron chi connectivity index (χ4n) is 3.92. The Bertz CT molecular complexity index is 1700. The van der Waals surface area contributed by atoms with Gasteiger partial charge >= 0.3 is 0 Å². The van der Waals surface area contributed by atoms with Gasteiger partial charge in [-0.2, -0.15) is 0 Å². The van der Waals surface area contributed by atoms with E-state index in [1.54, 1.807) is 30.9 Å². The maximum absolute atomic E-state index is 13.4. The maximum atomic E-state index is 13.4. The minimum Gasteiger partial charge on any atom is -0.460 e. The third-order valence-corrected chi connectivity index (χ3v) is 5.53. The Kier molecular flexibility index (Phi) is 4.33. The number of aryl methyl sites for hydroxylation is 1. The molecule has 0 amide bonds. The summed E-state index contributed by atoms with van der Waals surface area (Å²) in [5, 5.41) is 0.969. The Hall–Kier alpha value is -4.65. The van der Waals surface area contributed by atoms with Crippen molar-refractivity contribution in [1.82, 2.24) is 24.9 Å². The Morgan fingerprint density at radius 3 is 2.64 bits per heavy atom. The highest BCUT2D eigenvalue weighted by Crippen LogP contribution is 2.32. The van der Waals surface area contributed by atoms with E-state index in [1.807, 2.05) is 55.5 Å². The molecular weight excluding hydrogens is 414 g/mol. The van der Waals surface area contributed by atoms with Crippen LogP contribution in [0.2, 0.25) is 0 Å². The van der Waals surface area contributed by atoms with Gasteiger partial charge in [0.2, 0.25) is 5.43 Å². The summed E-state index contributed by atoms with van der Waals surface area (Å²) in [6.07, 6.45) is 6.73. The lowest BCUT2D eigenvalue weighted by atomic mass is 10.0. The lowest BCUT2D eigenvalue weighted by Crippen LogP contribution is -2.11. The molecule has 0 saturated heterocycles. The summed E-state index contributed by atoms with van der Waals surface area (Å²) in [5.41, 5.74) is 4.46. The number of furan rings is 1. The van der Waals surface area contributed by atoms with E-state index < -0.39 is 0 Å². The molecule has 0 radical (unpaired) electrons. The lowest BCUT2D eigenvalue weighted by molar-refractivity contribution is 0.546. The van der Waals surface area contributed by atoms with Crippen molar-refractivity contribution in [3.05, 3.63) is 95.4 Å². The zero-order valence-corrected chi connectivity index (χ0v) is 17.6. The number of benzene rings is 1. The van der Waals surface area contributed by atoms with Crippen LogP contribution in [0.1, 0.15) is 5.76 Å². The molecule has 5 aromatic heterocycles. The Morgan fingerprint density at radius 1 is 0.909 bits per heavy atom. The van der Waals surface area contributed by atoms with Crippen LogP contribution in [0.25, 0.3) is 55.9 Å². The molecule has 0 unspecified atom stereocenters. The van der Waals surface area contributed by atoms with E-state index in [1.165, 1.54) is 0 Å². The van der Waals surface area contributed by atoms with Gasteiger partial charge in [0.15, 0.2) is 16.9 Å². The highest BCUT2D eigenvalue weighted by molar-refractivity contribution is 5.89. The molecule has 0 bridgehead atoms. The van der Waals surface area contributed by atoms with Crippen LogP contribution in [0.15, 0.2) is 88.6 Å². The van der Waals surface area contributed by atoms with E-state index in [4.69, 9.17) is 14.4 Å². The highest BCUT2D eigenvalue weighted by atomic mass is 16.3. The normalized spacial score (nSPS) is 11.3. The van der Waals surface area contributed by atoms with Crippen LogP contribution in [0.3, 0.4) is 0 Å². The van der Waals surface area contributed by atoms with Gasteiger partial charge in [-0.3, -0.25) is 14.8 Å². The molecule has 7 nitrogen and oxygen atoms in total. The molecule has 0 aliphatic heterocycles. The van der Waals surface area contributed by atoms with Crippen LogP contribution in [0.4, 0.5) is 0 Å². The summed E-state index contributed by atoms with van der Waals surface area (Å²) in [6.45, 7) is 1.88. The Morgan fingerprint density at radius 2 is 1.82 bits per heavy atom. The van der Waals surface area contributed by atoms with Gasteiger partial charge in [-0.25, -0.2) is 9.97 Å².